The van der Waals surface area contributed by atoms with E-state index in [1.165, 1.54) is 12.8 Å². The third-order valence-electron chi connectivity index (χ3n) is 4.72. The summed E-state index contributed by atoms with van der Waals surface area (Å²) < 4.78 is 0. The van der Waals surface area contributed by atoms with Crippen LogP contribution < -0.4 is 4.90 Å². The van der Waals surface area contributed by atoms with E-state index in [-0.39, 0.29) is 0 Å². The van der Waals surface area contributed by atoms with Gasteiger partial charge in [0, 0.05) is 34.8 Å². The number of aromatic nitrogens is 1. The smallest absolute Gasteiger partial charge is 0.115 e. The standard InChI is InChI=1S/C18H15Cl2N3S/c19-14-2-1-12(15(20)8-14)10-24-18-13(9-21)7-16-17(22-18)11-3-5-23(16)6-4-11/h1-2,7-8,11H,3-6,10H2. The molecule has 122 valence electrons. The van der Waals surface area contributed by atoms with Crippen LogP contribution in [0.5, 0.6) is 0 Å². The molecular weight excluding hydrogens is 361 g/mol. The fourth-order valence-electron chi connectivity index (χ4n) is 3.42. The van der Waals surface area contributed by atoms with Gasteiger partial charge in [-0.2, -0.15) is 5.26 Å². The molecule has 3 aliphatic rings. The molecule has 0 amide bonds. The van der Waals surface area contributed by atoms with Crippen LogP contribution in [0.15, 0.2) is 29.3 Å². The molecule has 0 aliphatic carbocycles. The van der Waals surface area contributed by atoms with E-state index in [4.69, 9.17) is 28.2 Å². The number of thioether (sulfide) groups is 1. The lowest BCUT2D eigenvalue weighted by molar-refractivity contribution is 0.461. The number of halogens is 2. The lowest BCUT2D eigenvalue weighted by Crippen LogP contribution is -2.39. The highest BCUT2D eigenvalue weighted by Gasteiger charge is 2.33. The number of rotatable bonds is 3. The van der Waals surface area contributed by atoms with Crippen LogP contribution in [0.1, 0.15) is 35.6 Å². The number of nitrogens with zero attached hydrogens (tertiary/aromatic N) is 3. The van der Waals surface area contributed by atoms with Gasteiger partial charge in [-0.3, -0.25) is 0 Å². The summed E-state index contributed by atoms with van der Waals surface area (Å²) >= 11 is 13.8. The molecule has 3 aliphatic heterocycles. The Kier molecular flexibility index (Phi) is 4.34. The highest BCUT2D eigenvalue weighted by molar-refractivity contribution is 7.98. The van der Waals surface area contributed by atoms with Crippen molar-refractivity contribution in [2.24, 2.45) is 0 Å². The molecule has 0 atom stereocenters. The second-order valence-electron chi connectivity index (χ2n) is 6.14. The fourth-order valence-corrected chi connectivity index (χ4v) is 4.94. The Morgan fingerprint density at radius 2 is 2.04 bits per heavy atom. The second kappa shape index (κ2) is 6.48. The van der Waals surface area contributed by atoms with Gasteiger partial charge in [-0.1, -0.05) is 29.3 Å². The van der Waals surface area contributed by atoms with Crippen molar-refractivity contribution in [1.82, 2.24) is 4.98 Å². The molecule has 2 aromatic rings. The third kappa shape index (κ3) is 2.86. The van der Waals surface area contributed by atoms with Crippen LogP contribution in [-0.4, -0.2) is 18.1 Å². The summed E-state index contributed by atoms with van der Waals surface area (Å²) in [5.41, 5.74) is 3.97. The molecule has 1 saturated heterocycles. The Bertz CT molecular complexity index is 839. The largest absolute Gasteiger partial charge is 0.370 e. The molecule has 0 spiro atoms. The highest BCUT2D eigenvalue weighted by atomic mass is 35.5. The molecule has 5 rings (SSSR count). The van der Waals surface area contributed by atoms with Gasteiger partial charge in [0.05, 0.1) is 16.9 Å². The van der Waals surface area contributed by atoms with Crippen molar-refractivity contribution < 1.29 is 0 Å². The maximum absolute atomic E-state index is 9.51. The van der Waals surface area contributed by atoms with Crippen molar-refractivity contribution in [3.8, 4) is 6.07 Å². The Balaban J connectivity index is 1.63. The van der Waals surface area contributed by atoms with Crippen molar-refractivity contribution in [1.29, 1.82) is 5.26 Å². The average molecular weight is 376 g/mol. The van der Waals surface area contributed by atoms with Gasteiger partial charge in [-0.15, -0.1) is 11.8 Å². The zero-order valence-corrected chi connectivity index (χ0v) is 15.3. The van der Waals surface area contributed by atoms with Crippen molar-refractivity contribution in [3.63, 3.8) is 0 Å². The highest BCUT2D eigenvalue weighted by Crippen LogP contribution is 2.43. The predicted octanol–water partition coefficient (Wildman–Crippen LogP) is 5.25. The lowest BCUT2D eigenvalue weighted by atomic mass is 9.86. The number of pyridine rings is 1. The summed E-state index contributed by atoms with van der Waals surface area (Å²) in [6.45, 7) is 2.16. The molecule has 1 fully saturated rings. The molecule has 1 aromatic heterocycles. The van der Waals surface area contributed by atoms with Gasteiger partial charge < -0.3 is 4.90 Å². The number of fused-ring (bicyclic) bond motifs is 2. The van der Waals surface area contributed by atoms with Crippen LogP contribution >= 0.6 is 35.0 Å². The van der Waals surface area contributed by atoms with Crippen molar-refractivity contribution in [2.45, 2.75) is 29.5 Å². The van der Waals surface area contributed by atoms with Gasteiger partial charge in [0.1, 0.15) is 11.1 Å². The van der Waals surface area contributed by atoms with Crippen molar-refractivity contribution >= 4 is 40.7 Å². The van der Waals surface area contributed by atoms with E-state index >= 15 is 0 Å². The van der Waals surface area contributed by atoms with Gasteiger partial charge in [0.2, 0.25) is 0 Å². The maximum atomic E-state index is 9.51. The molecule has 6 heteroatoms. The van der Waals surface area contributed by atoms with E-state index in [0.717, 1.165) is 35.1 Å². The molecule has 2 bridgehead atoms. The molecule has 0 radical (unpaired) electrons. The number of nitriles is 1. The third-order valence-corrected chi connectivity index (χ3v) is 6.35. The summed E-state index contributed by atoms with van der Waals surface area (Å²) in [5, 5.41) is 11.6. The minimum absolute atomic E-state index is 0.538. The minimum Gasteiger partial charge on any atom is -0.370 e. The molecule has 0 saturated carbocycles. The zero-order valence-electron chi connectivity index (χ0n) is 12.9. The van der Waals surface area contributed by atoms with Crippen LogP contribution in [0.4, 0.5) is 5.69 Å². The van der Waals surface area contributed by atoms with Crippen molar-refractivity contribution in [3.05, 3.63) is 51.1 Å². The Morgan fingerprint density at radius 1 is 1.25 bits per heavy atom. The molecule has 4 heterocycles. The normalized spacial score (nSPS) is 16.1. The van der Waals surface area contributed by atoms with Gasteiger partial charge in [0.25, 0.3) is 0 Å². The maximum Gasteiger partial charge on any atom is 0.115 e. The quantitative estimate of drug-likeness (QED) is 0.686. The van der Waals surface area contributed by atoms with Gasteiger partial charge in [-0.25, -0.2) is 4.98 Å². The number of benzene rings is 1. The predicted molar refractivity (Wildman–Crippen MR) is 99.2 cm³/mol. The summed E-state index contributed by atoms with van der Waals surface area (Å²) in [4.78, 5) is 7.21. The average Bonchev–Trinajstić information content (AvgIpc) is 2.61. The number of piperidine rings is 1. The topological polar surface area (TPSA) is 39.9 Å². The Hall–Kier alpha value is -1.41. The number of hydrogen-bond donors (Lipinski definition) is 0. The van der Waals surface area contributed by atoms with E-state index in [9.17, 15) is 5.26 Å². The van der Waals surface area contributed by atoms with Crippen LogP contribution in [0.3, 0.4) is 0 Å². The zero-order chi connectivity index (χ0) is 16.7. The summed E-state index contributed by atoms with van der Waals surface area (Å²) in [6, 6.07) is 9.82. The SMILES string of the molecule is N#Cc1cc2c(nc1SCc1ccc(Cl)cc1Cl)C1CCN2CC1. The molecule has 0 unspecified atom stereocenters. The summed E-state index contributed by atoms with van der Waals surface area (Å²) in [7, 11) is 0. The first-order chi connectivity index (χ1) is 11.7. The van der Waals surface area contributed by atoms with Crippen LogP contribution in [0.2, 0.25) is 10.0 Å². The minimum atomic E-state index is 0.538. The first-order valence-corrected chi connectivity index (χ1v) is 9.66. The van der Waals surface area contributed by atoms with Crippen LogP contribution in [0, 0.1) is 11.3 Å². The molecule has 24 heavy (non-hydrogen) atoms. The van der Waals surface area contributed by atoms with E-state index in [1.54, 1.807) is 17.8 Å². The molecule has 1 aromatic carbocycles. The number of hydrogen-bond acceptors (Lipinski definition) is 4. The molecule has 0 N–H and O–H groups in total. The van der Waals surface area contributed by atoms with E-state index < -0.39 is 0 Å². The van der Waals surface area contributed by atoms with E-state index in [0.29, 0.717) is 27.3 Å². The molecule has 3 nitrogen and oxygen atoms in total. The lowest BCUT2D eigenvalue weighted by Gasteiger charge is -2.41. The van der Waals surface area contributed by atoms with Crippen LogP contribution in [-0.2, 0) is 5.75 Å². The fraction of sp³-hybridized carbons (Fsp3) is 0.333. The Labute approximate surface area is 155 Å². The van der Waals surface area contributed by atoms with Gasteiger partial charge >= 0.3 is 0 Å². The first-order valence-electron chi connectivity index (χ1n) is 7.92. The summed E-state index contributed by atoms with van der Waals surface area (Å²) in [6.07, 6.45) is 2.33. The monoisotopic (exact) mass is 375 g/mol. The Morgan fingerprint density at radius 3 is 2.75 bits per heavy atom. The second-order valence-corrected chi connectivity index (χ2v) is 7.95. The first kappa shape index (κ1) is 16.1. The van der Waals surface area contributed by atoms with E-state index in [1.807, 2.05) is 18.2 Å². The molecular formula is C18H15Cl2N3S. The number of anilines is 1. The van der Waals surface area contributed by atoms with Crippen molar-refractivity contribution in [2.75, 3.05) is 18.0 Å². The summed E-state index contributed by atoms with van der Waals surface area (Å²) in [5.74, 6) is 1.21. The van der Waals surface area contributed by atoms with E-state index in [2.05, 4.69) is 11.0 Å². The van der Waals surface area contributed by atoms with Crippen LogP contribution in [0.25, 0.3) is 0 Å². The van der Waals surface area contributed by atoms with Gasteiger partial charge in [-0.05, 0) is 36.6 Å². The van der Waals surface area contributed by atoms with Gasteiger partial charge in [0.15, 0.2) is 0 Å².